The molecule has 0 aromatic heterocycles. The number of thiocarbonyl (C=S) groups is 1. The third kappa shape index (κ3) is 3.16. The molecule has 1 heterocycles. The molecule has 0 unspecified atom stereocenters. The number of nitrogens with two attached hydrogens (primary N) is 1. The van der Waals surface area contributed by atoms with E-state index in [9.17, 15) is 4.39 Å². The van der Waals surface area contributed by atoms with E-state index in [2.05, 4.69) is 27.6 Å². The minimum absolute atomic E-state index is 0.0837. The van der Waals surface area contributed by atoms with Gasteiger partial charge in [-0.05, 0) is 42.8 Å². The van der Waals surface area contributed by atoms with E-state index in [-0.39, 0.29) is 10.9 Å². The van der Waals surface area contributed by atoms with Crippen LogP contribution in [0.5, 0.6) is 0 Å². The molecule has 0 radical (unpaired) electrons. The van der Waals surface area contributed by atoms with Crippen molar-refractivity contribution in [2.45, 2.75) is 12.8 Å². The van der Waals surface area contributed by atoms with E-state index in [1.165, 1.54) is 12.3 Å². The zero-order valence-corrected chi connectivity index (χ0v) is 10.7. The van der Waals surface area contributed by atoms with Crippen molar-refractivity contribution >= 4 is 29.2 Å². The van der Waals surface area contributed by atoms with Gasteiger partial charge in [0.05, 0.1) is 11.9 Å². The second kappa shape index (κ2) is 5.77. The van der Waals surface area contributed by atoms with Crippen molar-refractivity contribution in [2.75, 3.05) is 18.0 Å². The van der Waals surface area contributed by atoms with E-state index in [0.717, 1.165) is 25.9 Å². The summed E-state index contributed by atoms with van der Waals surface area (Å²) < 4.78 is 13.9. The molecule has 0 amide bonds. The number of nitrogens with one attached hydrogen (secondary N) is 1. The number of benzene rings is 1. The van der Waals surface area contributed by atoms with Crippen LogP contribution >= 0.6 is 12.2 Å². The number of nitrogens with zero attached hydrogens (tertiary/aromatic N) is 2. The molecule has 1 fully saturated rings. The Labute approximate surface area is 111 Å². The molecule has 1 saturated heterocycles. The molecule has 0 aliphatic carbocycles. The second-order valence-electron chi connectivity index (χ2n) is 4.14. The van der Waals surface area contributed by atoms with Crippen molar-refractivity contribution in [3.63, 3.8) is 0 Å². The molecule has 0 bridgehead atoms. The summed E-state index contributed by atoms with van der Waals surface area (Å²) >= 11 is 4.60. The number of hydrogen-bond donors (Lipinski definition) is 2. The first-order chi connectivity index (χ1) is 8.66. The maximum absolute atomic E-state index is 13.9. The van der Waals surface area contributed by atoms with Crippen LogP contribution < -0.4 is 16.1 Å². The highest BCUT2D eigenvalue weighted by Crippen LogP contribution is 2.23. The Bertz CT molecular complexity index is 469. The average molecular weight is 266 g/mol. The molecule has 0 saturated carbocycles. The highest BCUT2D eigenvalue weighted by molar-refractivity contribution is 7.80. The van der Waals surface area contributed by atoms with Gasteiger partial charge in [-0.15, -0.1) is 0 Å². The van der Waals surface area contributed by atoms with E-state index < -0.39 is 0 Å². The lowest BCUT2D eigenvalue weighted by Crippen LogP contribution is -2.24. The fraction of sp³-hybridized carbons (Fsp3) is 0.333. The van der Waals surface area contributed by atoms with Crippen LogP contribution in [0.4, 0.5) is 10.1 Å². The van der Waals surface area contributed by atoms with Gasteiger partial charge in [-0.25, -0.2) is 4.39 Å². The van der Waals surface area contributed by atoms with Gasteiger partial charge in [0, 0.05) is 13.1 Å². The Morgan fingerprint density at radius 1 is 1.44 bits per heavy atom. The van der Waals surface area contributed by atoms with Crippen molar-refractivity contribution < 1.29 is 4.39 Å². The molecule has 3 N–H and O–H groups in total. The Kier molecular flexibility index (Phi) is 4.09. The molecule has 4 nitrogen and oxygen atoms in total. The summed E-state index contributed by atoms with van der Waals surface area (Å²) in [6.07, 6.45) is 3.73. The molecule has 1 aliphatic rings. The minimum atomic E-state index is -0.226. The van der Waals surface area contributed by atoms with Crippen molar-refractivity contribution in [3.8, 4) is 0 Å². The van der Waals surface area contributed by atoms with E-state index in [0.29, 0.717) is 11.3 Å². The quantitative estimate of drug-likeness (QED) is 0.495. The van der Waals surface area contributed by atoms with Crippen LogP contribution in [0.3, 0.4) is 0 Å². The van der Waals surface area contributed by atoms with Crippen LogP contribution in [-0.2, 0) is 0 Å². The number of halogens is 1. The molecule has 6 heteroatoms. The summed E-state index contributed by atoms with van der Waals surface area (Å²) in [6.45, 7) is 1.85. The summed E-state index contributed by atoms with van der Waals surface area (Å²) in [6, 6.07) is 5.06. The lowest BCUT2D eigenvalue weighted by atomic mass is 10.2. The highest BCUT2D eigenvalue weighted by Gasteiger charge is 2.15. The predicted octanol–water partition coefficient (Wildman–Crippen LogP) is 1.59. The molecule has 0 atom stereocenters. The van der Waals surface area contributed by atoms with E-state index in [1.807, 2.05) is 6.07 Å². The van der Waals surface area contributed by atoms with Gasteiger partial charge in [-0.3, -0.25) is 5.43 Å². The lowest BCUT2D eigenvalue weighted by molar-refractivity contribution is 0.623. The number of hydrogen-bond acceptors (Lipinski definition) is 3. The van der Waals surface area contributed by atoms with Crippen molar-refractivity contribution in [1.29, 1.82) is 0 Å². The third-order valence-electron chi connectivity index (χ3n) is 2.81. The maximum atomic E-state index is 13.9. The summed E-state index contributed by atoms with van der Waals surface area (Å²) in [5, 5.41) is 3.87. The van der Waals surface area contributed by atoms with Crippen LogP contribution in [0.1, 0.15) is 18.4 Å². The molecule has 1 aromatic carbocycles. The maximum Gasteiger partial charge on any atom is 0.184 e. The van der Waals surface area contributed by atoms with Gasteiger partial charge >= 0.3 is 0 Å². The van der Waals surface area contributed by atoms with E-state index >= 15 is 0 Å². The van der Waals surface area contributed by atoms with Gasteiger partial charge in [0.25, 0.3) is 0 Å². The van der Waals surface area contributed by atoms with Gasteiger partial charge in [-0.1, -0.05) is 6.07 Å². The Morgan fingerprint density at radius 2 is 2.17 bits per heavy atom. The van der Waals surface area contributed by atoms with Crippen molar-refractivity contribution in [3.05, 3.63) is 29.6 Å². The highest BCUT2D eigenvalue weighted by atomic mass is 32.1. The van der Waals surface area contributed by atoms with E-state index in [4.69, 9.17) is 5.73 Å². The monoisotopic (exact) mass is 266 g/mol. The van der Waals surface area contributed by atoms with Crippen LogP contribution in [0.15, 0.2) is 23.3 Å². The summed E-state index contributed by atoms with van der Waals surface area (Å²) in [4.78, 5) is 2.06. The first kappa shape index (κ1) is 12.8. The van der Waals surface area contributed by atoms with Gasteiger partial charge in [0.1, 0.15) is 5.82 Å². The van der Waals surface area contributed by atoms with Gasteiger partial charge in [0.15, 0.2) is 5.11 Å². The molecular formula is C12H15FN4S. The molecule has 96 valence electrons. The normalized spacial score (nSPS) is 15.3. The summed E-state index contributed by atoms with van der Waals surface area (Å²) in [7, 11) is 0. The fourth-order valence-corrected chi connectivity index (χ4v) is 2.04. The minimum Gasteiger partial charge on any atom is -0.375 e. The molecule has 0 spiro atoms. The van der Waals surface area contributed by atoms with Gasteiger partial charge in [0.2, 0.25) is 0 Å². The molecule has 18 heavy (non-hydrogen) atoms. The predicted molar refractivity (Wildman–Crippen MR) is 75.4 cm³/mol. The SMILES string of the molecule is NC(=S)N/N=C\c1ccc(N2CCCC2)c(F)c1. The molecule has 1 aliphatic heterocycles. The largest absolute Gasteiger partial charge is 0.375 e. The summed E-state index contributed by atoms with van der Waals surface area (Å²) in [5.41, 5.74) is 8.97. The van der Waals surface area contributed by atoms with Gasteiger partial charge < -0.3 is 10.6 Å². The molecular weight excluding hydrogens is 251 g/mol. The number of hydrazone groups is 1. The smallest absolute Gasteiger partial charge is 0.184 e. The standard InChI is InChI=1S/C12H15FN4S/c13-10-7-9(8-15-16-12(14)18)3-4-11(10)17-5-1-2-6-17/h3-4,7-8H,1-2,5-6H2,(H3,14,16,18)/b15-8-. The molecule has 1 aromatic rings. The topological polar surface area (TPSA) is 53.6 Å². The van der Waals surface area contributed by atoms with E-state index in [1.54, 1.807) is 6.07 Å². The van der Waals surface area contributed by atoms with Crippen LogP contribution in [0.2, 0.25) is 0 Å². The Hall–Kier alpha value is -1.69. The zero-order chi connectivity index (χ0) is 13.0. The van der Waals surface area contributed by atoms with Gasteiger partial charge in [-0.2, -0.15) is 5.10 Å². The molecule has 2 rings (SSSR count). The van der Waals surface area contributed by atoms with Crippen molar-refractivity contribution in [1.82, 2.24) is 5.43 Å². The Morgan fingerprint density at radius 3 is 2.78 bits per heavy atom. The fourth-order valence-electron chi connectivity index (χ4n) is 1.99. The van der Waals surface area contributed by atoms with Crippen LogP contribution in [-0.4, -0.2) is 24.4 Å². The Balaban J connectivity index is 2.09. The summed E-state index contributed by atoms with van der Waals surface area (Å²) in [5.74, 6) is -0.226. The third-order valence-corrected chi connectivity index (χ3v) is 2.90. The lowest BCUT2D eigenvalue weighted by Gasteiger charge is -2.18. The second-order valence-corrected chi connectivity index (χ2v) is 4.58. The average Bonchev–Trinajstić information content (AvgIpc) is 2.82. The number of anilines is 1. The van der Waals surface area contributed by atoms with Crippen LogP contribution in [0.25, 0.3) is 0 Å². The first-order valence-corrected chi connectivity index (χ1v) is 6.20. The number of rotatable bonds is 3. The van der Waals surface area contributed by atoms with Crippen LogP contribution in [0, 0.1) is 5.82 Å². The zero-order valence-electron chi connectivity index (χ0n) is 9.90. The first-order valence-electron chi connectivity index (χ1n) is 5.80. The van der Waals surface area contributed by atoms with Crippen molar-refractivity contribution in [2.24, 2.45) is 10.8 Å².